The average Bonchev–Trinajstić information content (AvgIpc) is 2.26. The summed E-state index contributed by atoms with van der Waals surface area (Å²) in [5.74, 6) is 1.18. The first-order chi connectivity index (χ1) is 7.40. The lowest BCUT2D eigenvalue weighted by molar-refractivity contribution is 0.388. The molecule has 0 bridgehead atoms. The standard InChI is InChI=1S/C10H12Cl3NO2/c1-15-6-3-4-7(8(5-6)16-2)9(14)10(11,12)13/h3-5,9H,14H2,1-2H3. The maximum Gasteiger partial charge on any atom is 0.209 e. The van der Waals surface area contributed by atoms with Crippen LogP contribution in [-0.4, -0.2) is 18.0 Å². The fraction of sp³-hybridized carbons (Fsp3) is 0.400. The number of ether oxygens (including phenoxy) is 2. The van der Waals surface area contributed by atoms with Gasteiger partial charge in [-0.2, -0.15) is 0 Å². The Morgan fingerprint density at radius 2 is 1.81 bits per heavy atom. The molecule has 1 rings (SSSR count). The second-order valence-electron chi connectivity index (χ2n) is 3.13. The highest BCUT2D eigenvalue weighted by Gasteiger charge is 2.32. The third kappa shape index (κ3) is 3.08. The average molecular weight is 285 g/mol. The molecule has 16 heavy (non-hydrogen) atoms. The Balaban J connectivity index is 3.14. The van der Waals surface area contributed by atoms with Gasteiger partial charge in [-0.05, 0) is 12.1 Å². The summed E-state index contributed by atoms with van der Waals surface area (Å²) in [7, 11) is 3.08. The number of methoxy groups -OCH3 is 2. The minimum absolute atomic E-state index is 0.526. The highest BCUT2D eigenvalue weighted by Crippen LogP contribution is 2.41. The van der Waals surface area contributed by atoms with Gasteiger partial charge in [0.25, 0.3) is 0 Å². The van der Waals surface area contributed by atoms with E-state index in [1.165, 1.54) is 7.11 Å². The number of rotatable bonds is 3. The second-order valence-corrected chi connectivity index (χ2v) is 5.50. The second kappa shape index (κ2) is 5.32. The third-order valence-electron chi connectivity index (χ3n) is 2.13. The molecule has 0 amide bonds. The number of halogens is 3. The molecule has 0 saturated heterocycles. The van der Waals surface area contributed by atoms with Gasteiger partial charge in [-0.3, -0.25) is 0 Å². The molecule has 2 N–H and O–H groups in total. The van der Waals surface area contributed by atoms with Crippen molar-refractivity contribution in [1.82, 2.24) is 0 Å². The molecule has 1 aromatic carbocycles. The summed E-state index contributed by atoms with van der Waals surface area (Å²) in [4.78, 5) is 0. The van der Waals surface area contributed by atoms with Gasteiger partial charge in [0.05, 0.1) is 20.3 Å². The lowest BCUT2D eigenvalue weighted by Crippen LogP contribution is -2.26. The fourth-order valence-corrected chi connectivity index (χ4v) is 1.60. The Bertz CT molecular complexity index is 366. The Labute approximate surface area is 109 Å². The van der Waals surface area contributed by atoms with E-state index >= 15 is 0 Å². The van der Waals surface area contributed by atoms with Gasteiger partial charge in [-0.25, -0.2) is 0 Å². The molecule has 3 nitrogen and oxygen atoms in total. The predicted molar refractivity (Wildman–Crippen MR) is 66.8 cm³/mol. The van der Waals surface area contributed by atoms with Crippen molar-refractivity contribution in [3.63, 3.8) is 0 Å². The van der Waals surface area contributed by atoms with Gasteiger partial charge in [-0.15, -0.1) is 0 Å². The van der Waals surface area contributed by atoms with Crippen LogP contribution in [-0.2, 0) is 0 Å². The Morgan fingerprint density at radius 3 is 2.25 bits per heavy atom. The number of hydrogen-bond acceptors (Lipinski definition) is 3. The molecule has 0 saturated carbocycles. The zero-order chi connectivity index (χ0) is 12.3. The molecule has 90 valence electrons. The zero-order valence-corrected chi connectivity index (χ0v) is 11.1. The fourth-order valence-electron chi connectivity index (χ4n) is 1.25. The lowest BCUT2D eigenvalue weighted by Gasteiger charge is -2.22. The summed E-state index contributed by atoms with van der Waals surface area (Å²) in [6.45, 7) is 0. The van der Waals surface area contributed by atoms with E-state index in [-0.39, 0.29) is 0 Å². The van der Waals surface area contributed by atoms with Crippen LogP contribution in [0.25, 0.3) is 0 Å². The molecule has 0 radical (unpaired) electrons. The molecule has 0 aromatic heterocycles. The summed E-state index contributed by atoms with van der Waals surface area (Å²) in [6.07, 6.45) is 0. The summed E-state index contributed by atoms with van der Waals surface area (Å²) in [5, 5.41) is 0. The number of nitrogens with two attached hydrogens (primary N) is 1. The molecule has 0 aliphatic carbocycles. The summed E-state index contributed by atoms with van der Waals surface area (Å²) in [6, 6.07) is 4.36. The first kappa shape index (κ1) is 13.7. The van der Waals surface area contributed by atoms with E-state index in [0.717, 1.165) is 0 Å². The Kier molecular flexibility index (Phi) is 4.56. The van der Waals surface area contributed by atoms with Crippen molar-refractivity contribution in [2.45, 2.75) is 9.83 Å². The van der Waals surface area contributed by atoms with E-state index in [0.29, 0.717) is 17.1 Å². The van der Waals surface area contributed by atoms with E-state index < -0.39 is 9.83 Å². The Hall–Kier alpha value is -0.350. The van der Waals surface area contributed by atoms with Gasteiger partial charge >= 0.3 is 0 Å². The van der Waals surface area contributed by atoms with Gasteiger partial charge < -0.3 is 15.2 Å². The lowest BCUT2D eigenvalue weighted by atomic mass is 10.1. The van der Waals surface area contributed by atoms with Crippen molar-refractivity contribution in [3.05, 3.63) is 23.8 Å². The molecule has 0 aliphatic rings. The SMILES string of the molecule is COc1ccc(C(N)C(Cl)(Cl)Cl)c(OC)c1. The monoisotopic (exact) mass is 283 g/mol. The minimum atomic E-state index is -1.58. The van der Waals surface area contributed by atoms with Crippen LogP contribution in [0.3, 0.4) is 0 Å². The molecular formula is C10H12Cl3NO2. The first-order valence-corrected chi connectivity index (χ1v) is 5.57. The maximum atomic E-state index is 5.82. The summed E-state index contributed by atoms with van der Waals surface area (Å²) in [5.41, 5.74) is 6.44. The summed E-state index contributed by atoms with van der Waals surface area (Å²) >= 11 is 17.2. The minimum Gasteiger partial charge on any atom is -0.497 e. The molecule has 1 atom stereocenters. The van der Waals surface area contributed by atoms with Gasteiger partial charge in [-0.1, -0.05) is 34.8 Å². The van der Waals surface area contributed by atoms with Gasteiger partial charge in [0.2, 0.25) is 3.79 Å². The topological polar surface area (TPSA) is 44.5 Å². The van der Waals surface area contributed by atoms with E-state index in [4.69, 9.17) is 50.0 Å². The quantitative estimate of drug-likeness (QED) is 0.868. The van der Waals surface area contributed by atoms with E-state index in [1.54, 1.807) is 25.3 Å². The number of hydrogen-bond donors (Lipinski definition) is 1. The van der Waals surface area contributed by atoms with E-state index in [2.05, 4.69) is 0 Å². The number of alkyl halides is 3. The number of benzene rings is 1. The van der Waals surface area contributed by atoms with Crippen molar-refractivity contribution in [2.24, 2.45) is 5.73 Å². The van der Waals surface area contributed by atoms with Crippen LogP contribution in [0, 0.1) is 0 Å². The van der Waals surface area contributed by atoms with Crippen LogP contribution in [0.5, 0.6) is 11.5 Å². The summed E-state index contributed by atoms with van der Waals surface area (Å²) < 4.78 is 8.64. The van der Waals surface area contributed by atoms with Crippen molar-refractivity contribution in [1.29, 1.82) is 0 Å². The molecule has 1 unspecified atom stereocenters. The van der Waals surface area contributed by atoms with Gasteiger partial charge in [0, 0.05) is 11.6 Å². The van der Waals surface area contributed by atoms with E-state index in [9.17, 15) is 0 Å². The van der Waals surface area contributed by atoms with Crippen LogP contribution < -0.4 is 15.2 Å². The smallest absolute Gasteiger partial charge is 0.209 e. The largest absolute Gasteiger partial charge is 0.497 e. The van der Waals surface area contributed by atoms with Crippen LogP contribution in [0.2, 0.25) is 0 Å². The highest BCUT2D eigenvalue weighted by atomic mass is 35.6. The molecule has 6 heteroatoms. The molecule has 0 heterocycles. The normalized spacial score (nSPS) is 13.4. The van der Waals surface area contributed by atoms with Crippen LogP contribution >= 0.6 is 34.8 Å². The Morgan fingerprint density at radius 1 is 1.19 bits per heavy atom. The zero-order valence-electron chi connectivity index (χ0n) is 8.84. The highest BCUT2D eigenvalue weighted by molar-refractivity contribution is 6.68. The first-order valence-electron chi connectivity index (χ1n) is 4.44. The molecule has 0 aliphatic heterocycles. The molecular weight excluding hydrogens is 272 g/mol. The van der Waals surface area contributed by atoms with Crippen LogP contribution in [0.15, 0.2) is 18.2 Å². The van der Waals surface area contributed by atoms with E-state index in [1.807, 2.05) is 0 Å². The van der Waals surface area contributed by atoms with Gasteiger partial charge in [0.1, 0.15) is 11.5 Å². The van der Waals surface area contributed by atoms with Crippen LogP contribution in [0.4, 0.5) is 0 Å². The molecule has 0 spiro atoms. The van der Waals surface area contributed by atoms with Gasteiger partial charge in [0.15, 0.2) is 0 Å². The predicted octanol–water partition coefficient (Wildman–Crippen LogP) is 3.07. The molecule has 1 aromatic rings. The maximum absolute atomic E-state index is 5.82. The van der Waals surface area contributed by atoms with Crippen LogP contribution in [0.1, 0.15) is 11.6 Å². The van der Waals surface area contributed by atoms with Crippen molar-refractivity contribution in [2.75, 3.05) is 14.2 Å². The van der Waals surface area contributed by atoms with Crippen molar-refractivity contribution >= 4 is 34.8 Å². The molecule has 0 fully saturated rings. The van der Waals surface area contributed by atoms with Crippen molar-refractivity contribution < 1.29 is 9.47 Å². The van der Waals surface area contributed by atoms with Crippen molar-refractivity contribution in [3.8, 4) is 11.5 Å². The third-order valence-corrected chi connectivity index (χ3v) is 2.83.